The van der Waals surface area contributed by atoms with E-state index >= 15 is 0 Å². The molecular formula is C18H22NOS+. The lowest BCUT2D eigenvalue weighted by molar-refractivity contribution is -0.922. The Morgan fingerprint density at radius 1 is 1.05 bits per heavy atom. The molecule has 0 unspecified atom stereocenters. The van der Waals surface area contributed by atoms with Crippen LogP contribution >= 0.6 is 11.3 Å². The lowest BCUT2D eigenvalue weighted by Crippen LogP contribution is -3.16. The average molecular weight is 300 g/mol. The lowest BCUT2D eigenvalue weighted by Gasteiger charge is -2.48. The Hall–Kier alpha value is -1.16. The van der Waals surface area contributed by atoms with Crippen LogP contribution in [0.25, 0.3) is 0 Å². The first-order valence-corrected chi connectivity index (χ1v) is 8.82. The summed E-state index contributed by atoms with van der Waals surface area (Å²) < 4.78 is 0. The molecule has 110 valence electrons. The molecule has 3 aliphatic rings. The highest BCUT2D eigenvalue weighted by Crippen LogP contribution is 2.45. The maximum absolute atomic E-state index is 11.8. The second-order valence-electron chi connectivity index (χ2n) is 6.51. The normalized spacial score (nSPS) is 31.0. The highest BCUT2D eigenvalue weighted by Gasteiger charge is 2.51. The number of aliphatic hydroxyl groups is 1. The van der Waals surface area contributed by atoms with Crippen molar-refractivity contribution in [2.24, 2.45) is 11.8 Å². The van der Waals surface area contributed by atoms with Gasteiger partial charge in [0.1, 0.15) is 5.60 Å². The summed E-state index contributed by atoms with van der Waals surface area (Å²) in [6.45, 7) is 3.68. The van der Waals surface area contributed by atoms with Gasteiger partial charge in [-0.2, -0.15) is 0 Å². The summed E-state index contributed by atoms with van der Waals surface area (Å²) in [5.41, 5.74) is 0.247. The van der Waals surface area contributed by atoms with Crippen LogP contribution in [0.3, 0.4) is 0 Å². The van der Waals surface area contributed by atoms with Crippen LogP contribution in [-0.4, -0.2) is 24.7 Å². The Bertz CT molecular complexity index is 589. The summed E-state index contributed by atoms with van der Waals surface area (Å²) in [4.78, 5) is 2.78. The van der Waals surface area contributed by atoms with Gasteiger partial charge in [-0.1, -0.05) is 36.4 Å². The smallest absolute Gasteiger partial charge is 0.132 e. The zero-order chi connectivity index (χ0) is 14.3. The van der Waals surface area contributed by atoms with Crippen molar-refractivity contribution >= 4 is 11.3 Å². The topological polar surface area (TPSA) is 24.7 Å². The van der Waals surface area contributed by atoms with Crippen LogP contribution in [0.4, 0.5) is 0 Å². The fourth-order valence-electron chi connectivity index (χ4n) is 4.35. The van der Waals surface area contributed by atoms with Crippen molar-refractivity contribution in [2.45, 2.75) is 18.4 Å². The van der Waals surface area contributed by atoms with Crippen LogP contribution in [0.5, 0.6) is 0 Å². The van der Waals surface area contributed by atoms with E-state index in [0.717, 1.165) is 17.0 Å². The average Bonchev–Trinajstić information content (AvgIpc) is 3.11. The van der Waals surface area contributed by atoms with E-state index in [-0.39, 0.29) is 0 Å². The summed E-state index contributed by atoms with van der Waals surface area (Å²) in [6.07, 6.45) is 2.53. The van der Waals surface area contributed by atoms with Gasteiger partial charge in [0.05, 0.1) is 19.6 Å². The zero-order valence-electron chi connectivity index (χ0n) is 12.2. The molecule has 21 heavy (non-hydrogen) atoms. The van der Waals surface area contributed by atoms with Gasteiger partial charge >= 0.3 is 0 Å². The zero-order valence-corrected chi connectivity index (χ0v) is 13.0. The number of quaternary nitrogens is 1. The monoisotopic (exact) mass is 300 g/mol. The maximum atomic E-state index is 11.8. The molecule has 0 saturated carbocycles. The Morgan fingerprint density at radius 2 is 1.81 bits per heavy atom. The van der Waals surface area contributed by atoms with Crippen LogP contribution in [0.15, 0.2) is 47.8 Å². The van der Waals surface area contributed by atoms with E-state index in [1.54, 1.807) is 16.2 Å². The number of hydrogen-bond donors (Lipinski definition) is 2. The first kappa shape index (κ1) is 13.5. The van der Waals surface area contributed by atoms with Gasteiger partial charge in [0.2, 0.25) is 0 Å². The number of benzene rings is 1. The van der Waals surface area contributed by atoms with Gasteiger partial charge in [-0.3, -0.25) is 0 Å². The molecule has 1 aromatic carbocycles. The predicted molar refractivity (Wildman–Crippen MR) is 85.5 cm³/mol. The maximum Gasteiger partial charge on any atom is 0.132 e. The molecule has 0 amide bonds. The van der Waals surface area contributed by atoms with Crippen LogP contribution in [0, 0.1) is 11.8 Å². The predicted octanol–water partition coefficient (Wildman–Crippen LogP) is 1.91. The SMILES string of the molecule is O[C@@](c1ccccc1)(c1cccs1)[C@H]1C[NH+]2CCC1CC2. The molecule has 2 N–H and O–H groups in total. The summed E-state index contributed by atoms with van der Waals surface area (Å²) in [6, 6.07) is 14.5. The molecule has 3 heteroatoms. The number of nitrogens with one attached hydrogen (secondary N) is 1. The molecule has 1 aromatic heterocycles. The molecule has 0 spiro atoms. The third-order valence-corrected chi connectivity index (χ3v) is 6.46. The van der Waals surface area contributed by atoms with Crippen molar-refractivity contribution in [1.29, 1.82) is 0 Å². The Kier molecular flexibility index (Phi) is 3.37. The van der Waals surface area contributed by atoms with Crippen molar-refractivity contribution in [3.63, 3.8) is 0 Å². The van der Waals surface area contributed by atoms with Crippen LogP contribution in [-0.2, 0) is 5.60 Å². The minimum atomic E-state index is -0.813. The van der Waals surface area contributed by atoms with Gasteiger partial charge in [0.15, 0.2) is 0 Å². The molecule has 4 heterocycles. The number of rotatable bonds is 3. The third kappa shape index (κ3) is 2.15. The fraction of sp³-hybridized carbons (Fsp3) is 0.444. The molecule has 3 saturated heterocycles. The van der Waals surface area contributed by atoms with Gasteiger partial charge in [-0.25, -0.2) is 0 Å². The summed E-state index contributed by atoms with van der Waals surface area (Å²) in [5.74, 6) is 1.01. The molecule has 2 aromatic rings. The summed E-state index contributed by atoms with van der Waals surface area (Å²) >= 11 is 1.69. The van der Waals surface area contributed by atoms with Crippen molar-refractivity contribution in [3.8, 4) is 0 Å². The molecular weight excluding hydrogens is 278 g/mol. The Morgan fingerprint density at radius 3 is 2.38 bits per heavy atom. The van der Waals surface area contributed by atoms with E-state index in [2.05, 4.69) is 29.6 Å². The highest BCUT2D eigenvalue weighted by atomic mass is 32.1. The van der Waals surface area contributed by atoms with Gasteiger partial charge in [-0.05, 0) is 22.9 Å². The standard InChI is InChI=1S/C18H21NOS/c20-18(17-7-4-12-21-17,15-5-2-1-3-6-15)16-13-19-10-8-14(16)9-11-19/h1-7,12,14,16,20H,8-11,13H2/p+1/t16-,18+/m0/s1. The van der Waals surface area contributed by atoms with Crippen molar-refractivity contribution in [3.05, 3.63) is 58.3 Å². The Labute approximate surface area is 130 Å². The van der Waals surface area contributed by atoms with Gasteiger partial charge < -0.3 is 10.0 Å². The van der Waals surface area contributed by atoms with Crippen molar-refractivity contribution in [2.75, 3.05) is 19.6 Å². The highest BCUT2D eigenvalue weighted by molar-refractivity contribution is 7.10. The largest absolute Gasteiger partial charge is 0.379 e. The number of hydrogen-bond acceptors (Lipinski definition) is 2. The number of thiophene rings is 1. The molecule has 2 bridgehead atoms. The number of piperidine rings is 3. The minimum Gasteiger partial charge on any atom is -0.379 e. The summed E-state index contributed by atoms with van der Waals surface area (Å²) in [5, 5.41) is 13.9. The molecule has 5 rings (SSSR count). The molecule has 0 aliphatic carbocycles. The second kappa shape index (κ2) is 5.24. The lowest BCUT2D eigenvalue weighted by atomic mass is 9.67. The van der Waals surface area contributed by atoms with E-state index in [9.17, 15) is 5.11 Å². The molecule has 3 aliphatic heterocycles. The van der Waals surface area contributed by atoms with E-state index in [1.807, 2.05) is 18.2 Å². The van der Waals surface area contributed by atoms with Crippen molar-refractivity contribution in [1.82, 2.24) is 0 Å². The van der Waals surface area contributed by atoms with Crippen LogP contribution in [0.1, 0.15) is 23.3 Å². The minimum absolute atomic E-state index is 0.344. The number of fused-ring (bicyclic) bond motifs is 3. The van der Waals surface area contributed by atoms with Crippen LogP contribution < -0.4 is 4.90 Å². The summed E-state index contributed by atoms with van der Waals surface area (Å²) in [7, 11) is 0. The van der Waals surface area contributed by atoms with E-state index < -0.39 is 5.60 Å². The fourth-order valence-corrected chi connectivity index (χ4v) is 5.26. The molecule has 2 nitrogen and oxygen atoms in total. The Balaban J connectivity index is 1.81. The third-order valence-electron chi connectivity index (χ3n) is 5.46. The first-order chi connectivity index (χ1) is 10.3. The molecule has 3 fully saturated rings. The second-order valence-corrected chi connectivity index (χ2v) is 7.46. The van der Waals surface area contributed by atoms with Gasteiger partial charge in [-0.15, -0.1) is 11.3 Å². The first-order valence-electron chi connectivity index (χ1n) is 7.94. The van der Waals surface area contributed by atoms with Gasteiger partial charge in [0, 0.05) is 23.6 Å². The molecule has 2 atom stereocenters. The van der Waals surface area contributed by atoms with E-state index in [1.165, 1.54) is 25.9 Å². The van der Waals surface area contributed by atoms with Gasteiger partial charge in [0.25, 0.3) is 0 Å². The molecule has 0 radical (unpaired) electrons. The van der Waals surface area contributed by atoms with Crippen molar-refractivity contribution < 1.29 is 10.0 Å². The van der Waals surface area contributed by atoms with Crippen LogP contribution in [0.2, 0.25) is 0 Å². The van der Waals surface area contributed by atoms with E-state index in [0.29, 0.717) is 11.8 Å². The quantitative estimate of drug-likeness (QED) is 0.889. The van der Waals surface area contributed by atoms with E-state index in [4.69, 9.17) is 0 Å².